The van der Waals surface area contributed by atoms with Crippen molar-refractivity contribution in [3.63, 3.8) is 0 Å². The van der Waals surface area contributed by atoms with Crippen LogP contribution in [0.1, 0.15) is 36.3 Å². The molecule has 90 valence electrons. The molecule has 1 aromatic heterocycles. The summed E-state index contributed by atoms with van der Waals surface area (Å²) in [6.07, 6.45) is 1.26. The maximum Gasteiger partial charge on any atom is 0.0338 e. The van der Waals surface area contributed by atoms with E-state index in [0.717, 1.165) is 19.6 Å². The Hall–Kier alpha value is -0.800. The van der Waals surface area contributed by atoms with E-state index < -0.39 is 0 Å². The van der Waals surface area contributed by atoms with E-state index in [1.54, 1.807) is 0 Å². The van der Waals surface area contributed by atoms with Crippen molar-refractivity contribution in [2.45, 2.75) is 33.2 Å². The van der Waals surface area contributed by atoms with Gasteiger partial charge in [-0.1, -0.05) is 0 Å². The van der Waals surface area contributed by atoms with E-state index in [1.807, 2.05) is 0 Å². The van der Waals surface area contributed by atoms with Crippen LogP contribution in [0, 0.1) is 13.8 Å². The van der Waals surface area contributed by atoms with Gasteiger partial charge in [-0.3, -0.25) is 4.90 Å². The lowest BCUT2D eigenvalue weighted by molar-refractivity contribution is 0.225. The number of nitrogens with zero attached hydrogens (tertiary/aromatic N) is 1. The Kier molecular flexibility index (Phi) is 3.66. The highest BCUT2D eigenvalue weighted by Crippen LogP contribution is 2.24. The fourth-order valence-electron chi connectivity index (χ4n) is 2.63. The molecule has 3 nitrogen and oxygen atoms in total. The van der Waals surface area contributed by atoms with Gasteiger partial charge in [-0.25, -0.2) is 0 Å². The molecule has 0 saturated carbocycles. The summed E-state index contributed by atoms with van der Waals surface area (Å²) in [5.41, 5.74) is 4.05. The molecule has 2 N–H and O–H groups in total. The highest BCUT2D eigenvalue weighted by atomic mass is 15.2. The van der Waals surface area contributed by atoms with Gasteiger partial charge in [-0.15, -0.1) is 0 Å². The molecule has 1 unspecified atom stereocenters. The molecule has 0 spiro atoms. The fourth-order valence-corrected chi connectivity index (χ4v) is 2.63. The summed E-state index contributed by atoms with van der Waals surface area (Å²) in [4.78, 5) is 5.98. The van der Waals surface area contributed by atoms with Gasteiger partial charge in [0, 0.05) is 30.5 Å². The number of aromatic amines is 1. The second-order valence-electron chi connectivity index (χ2n) is 4.85. The standard InChI is InChI=1S/C13H23N3/c1-10-9-13(11(2)15-10)12(3)16-7-4-5-14-6-8-16/h9,12,14-15H,4-8H2,1-3H3. The largest absolute Gasteiger partial charge is 0.362 e. The van der Waals surface area contributed by atoms with Crippen molar-refractivity contribution in [1.82, 2.24) is 15.2 Å². The van der Waals surface area contributed by atoms with Crippen LogP contribution in [0.3, 0.4) is 0 Å². The summed E-state index contributed by atoms with van der Waals surface area (Å²) >= 11 is 0. The van der Waals surface area contributed by atoms with Gasteiger partial charge in [0.05, 0.1) is 0 Å². The number of aromatic nitrogens is 1. The van der Waals surface area contributed by atoms with Crippen LogP contribution in [0.2, 0.25) is 0 Å². The average Bonchev–Trinajstić information content (AvgIpc) is 2.49. The van der Waals surface area contributed by atoms with Crippen LogP contribution >= 0.6 is 0 Å². The molecular weight excluding hydrogens is 198 g/mol. The van der Waals surface area contributed by atoms with Crippen LogP contribution in [0.25, 0.3) is 0 Å². The molecule has 1 aliphatic rings. The quantitative estimate of drug-likeness (QED) is 0.800. The fraction of sp³-hybridized carbons (Fsp3) is 0.692. The maximum absolute atomic E-state index is 3.45. The van der Waals surface area contributed by atoms with Gasteiger partial charge >= 0.3 is 0 Å². The zero-order valence-electron chi connectivity index (χ0n) is 10.6. The third kappa shape index (κ3) is 2.47. The van der Waals surface area contributed by atoms with Crippen molar-refractivity contribution in [1.29, 1.82) is 0 Å². The van der Waals surface area contributed by atoms with Gasteiger partial charge < -0.3 is 10.3 Å². The maximum atomic E-state index is 3.45. The Balaban J connectivity index is 2.10. The van der Waals surface area contributed by atoms with Crippen molar-refractivity contribution < 1.29 is 0 Å². The molecule has 0 radical (unpaired) electrons. The van der Waals surface area contributed by atoms with Crippen molar-refractivity contribution in [3.05, 3.63) is 23.0 Å². The number of nitrogens with one attached hydrogen (secondary N) is 2. The van der Waals surface area contributed by atoms with Crippen LogP contribution in [0.4, 0.5) is 0 Å². The summed E-state index contributed by atoms with van der Waals surface area (Å²) < 4.78 is 0. The predicted molar refractivity (Wildman–Crippen MR) is 67.7 cm³/mol. The lowest BCUT2D eigenvalue weighted by Gasteiger charge is -2.27. The second kappa shape index (κ2) is 5.02. The number of hydrogen-bond acceptors (Lipinski definition) is 2. The Morgan fingerprint density at radius 1 is 1.25 bits per heavy atom. The number of H-pyrrole nitrogens is 1. The molecule has 1 atom stereocenters. The zero-order valence-corrected chi connectivity index (χ0v) is 10.6. The Morgan fingerprint density at radius 3 is 2.75 bits per heavy atom. The Bertz CT molecular complexity index is 335. The number of aryl methyl sites for hydroxylation is 2. The Labute approximate surface area is 98.2 Å². The van der Waals surface area contributed by atoms with Crippen LogP contribution in [-0.2, 0) is 0 Å². The molecule has 2 rings (SSSR count). The molecule has 16 heavy (non-hydrogen) atoms. The summed E-state index contributed by atoms with van der Waals surface area (Å²) in [5, 5.41) is 3.45. The molecule has 0 bridgehead atoms. The van der Waals surface area contributed by atoms with Crippen LogP contribution < -0.4 is 5.32 Å². The van der Waals surface area contributed by atoms with Gasteiger partial charge in [-0.05, 0) is 51.9 Å². The lowest BCUT2D eigenvalue weighted by Crippen LogP contribution is -2.30. The molecule has 0 amide bonds. The number of rotatable bonds is 2. The molecule has 1 fully saturated rings. The highest BCUT2D eigenvalue weighted by Gasteiger charge is 2.19. The minimum absolute atomic E-state index is 0.532. The first-order chi connectivity index (χ1) is 7.68. The molecule has 0 aliphatic carbocycles. The minimum Gasteiger partial charge on any atom is -0.362 e. The summed E-state index contributed by atoms with van der Waals surface area (Å²) in [5.74, 6) is 0. The van der Waals surface area contributed by atoms with Gasteiger partial charge in [0.1, 0.15) is 0 Å². The summed E-state index contributed by atoms with van der Waals surface area (Å²) in [6, 6.07) is 2.82. The predicted octanol–water partition coefficient (Wildman–Crippen LogP) is 1.99. The van der Waals surface area contributed by atoms with Gasteiger partial charge in [-0.2, -0.15) is 0 Å². The molecule has 1 saturated heterocycles. The van der Waals surface area contributed by atoms with Crippen LogP contribution in [-0.4, -0.2) is 36.1 Å². The third-order valence-corrected chi connectivity index (χ3v) is 3.56. The van der Waals surface area contributed by atoms with E-state index in [0.29, 0.717) is 6.04 Å². The Morgan fingerprint density at radius 2 is 2.06 bits per heavy atom. The minimum atomic E-state index is 0.532. The van der Waals surface area contributed by atoms with E-state index in [4.69, 9.17) is 0 Å². The van der Waals surface area contributed by atoms with E-state index in [1.165, 1.54) is 29.9 Å². The molecule has 3 heteroatoms. The molecule has 1 aromatic rings. The van der Waals surface area contributed by atoms with E-state index in [2.05, 4.69) is 42.0 Å². The van der Waals surface area contributed by atoms with E-state index in [-0.39, 0.29) is 0 Å². The molecule has 2 heterocycles. The zero-order chi connectivity index (χ0) is 11.5. The van der Waals surface area contributed by atoms with Crippen molar-refractivity contribution in [3.8, 4) is 0 Å². The van der Waals surface area contributed by atoms with Crippen molar-refractivity contribution >= 4 is 0 Å². The SMILES string of the molecule is Cc1cc(C(C)N2CCCNCC2)c(C)[nH]1. The normalized spacial score (nSPS) is 20.7. The highest BCUT2D eigenvalue weighted by molar-refractivity contribution is 5.27. The number of hydrogen-bond donors (Lipinski definition) is 2. The van der Waals surface area contributed by atoms with Crippen LogP contribution in [0.5, 0.6) is 0 Å². The first-order valence-electron chi connectivity index (χ1n) is 6.29. The van der Waals surface area contributed by atoms with Crippen molar-refractivity contribution in [2.24, 2.45) is 0 Å². The first kappa shape index (κ1) is 11.7. The average molecular weight is 221 g/mol. The third-order valence-electron chi connectivity index (χ3n) is 3.56. The van der Waals surface area contributed by atoms with Gasteiger partial charge in [0.25, 0.3) is 0 Å². The summed E-state index contributed by atoms with van der Waals surface area (Å²) in [6.45, 7) is 11.3. The van der Waals surface area contributed by atoms with Gasteiger partial charge in [0.2, 0.25) is 0 Å². The van der Waals surface area contributed by atoms with Crippen LogP contribution in [0.15, 0.2) is 6.07 Å². The molecule has 1 aliphatic heterocycles. The molecular formula is C13H23N3. The van der Waals surface area contributed by atoms with E-state index >= 15 is 0 Å². The first-order valence-corrected chi connectivity index (χ1v) is 6.29. The monoisotopic (exact) mass is 221 g/mol. The lowest BCUT2D eigenvalue weighted by atomic mass is 10.1. The van der Waals surface area contributed by atoms with Gasteiger partial charge in [0.15, 0.2) is 0 Å². The molecule has 0 aromatic carbocycles. The topological polar surface area (TPSA) is 31.1 Å². The van der Waals surface area contributed by atoms with E-state index in [9.17, 15) is 0 Å². The smallest absolute Gasteiger partial charge is 0.0338 e. The second-order valence-corrected chi connectivity index (χ2v) is 4.85. The summed E-state index contributed by atoms with van der Waals surface area (Å²) in [7, 11) is 0. The van der Waals surface area contributed by atoms with Crippen molar-refractivity contribution in [2.75, 3.05) is 26.2 Å².